The van der Waals surface area contributed by atoms with Gasteiger partial charge < -0.3 is 9.59 Å². The van der Waals surface area contributed by atoms with Crippen molar-refractivity contribution in [3.63, 3.8) is 0 Å². The lowest BCUT2D eigenvalue weighted by molar-refractivity contribution is -0.108. The first-order valence-electron chi connectivity index (χ1n) is 5.40. The molecule has 0 aliphatic heterocycles. The first-order chi connectivity index (χ1) is 7.81. The predicted octanol–water partition coefficient (Wildman–Crippen LogP) is 2.08. The third kappa shape index (κ3) is 11.1. The summed E-state index contributed by atoms with van der Waals surface area (Å²) in [4.78, 5) is 28.2. The monoisotopic (exact) mass is 242 g/mol. The Kier molecular flexibility index (Phi) is 11.4. The highest BCUT2D eigenvalue weighted by atomic mass is 32.1. The Morgan fingerprint density at radius 2 is 1.31 bits per heavy atom. The number of unbranched alkanes of at least 4 members (excludes halogenated alkanes) is 4. The van der Waals surface area contributed by atoms with Crippen LogP contribution < -0.4 is 0 Å². The second-order valence-corrected chi connectivity index (χ2v) is 3.67. The maximum Gasteiger partial charge on any atom is 0.182 e. The van der Waals surface area contributed by atoms with Crippen molar-refractivity contribution in [1.29, 1.82) is 0 Å². The van der Waals surface area contributed by atoms with Crippen LogP contribution >= 0.6 is 12.6 Å². The van der Waals surface area contributed by atoms with E-state index in [1.54, 1.807) is 12.4 Å². The summed E-state index contributed by atoms with van der Waals surface area (Å²) < 4.78 is 0. The number of thiol groups is 1. The first-order valence-corrected chi connectivity index (χ1v) is 5.91. The van der Waals surface area contributed by atoms with E-state index >= 15 is 0 Å². The molecule has 5 heteroatoms. The molecule has 0 atom stereocenters. The van der Waals surface area contributed by atoms with Crippen LogP contribution in [0.5, 0.6) is 0 Å². The van der Waals surface area contributed by atoms with Gasteiger partial charge in [0, 0.05) is 25.3 Å². The largest absolute Gasteiger partial charge is 0.303 e. The van der Waals surface area contributed by atoms with Crippen LogP contribution in [0.25, 0.3) is 0 Å². The molecule has 0 amide bonds. The Morgan fingerprint density at radius 3 is 1.69 bits per heavy atom. The molecule has 0 bridgehead atoms. The highest BCUT2D eigenvalue weighted by Crippen LogP contribution is 2.00. The number of hydrogen-bond acceptors (Lipinski definition) is 5. The van der Waals surface area contributed by atoms with Gasteiger partial charge in [-0.25, -0.2) is 0 Å². The van der Waals surface area contributed by atoms with Crippen molar-refractivity contribution < 1.29 is 9.59 Å². The van der Waals surface area contributed by atoms with E-state index in [4.69, 9.17) is 0 Å². The fourth-order valence-electron chi connectivity index (χ4n) is 0.961. The molecule has 0 unspecified atom stereocenters. The standard InChI is InChI=1S/C11H18N2O2S/c14-9-5-1-3-7-12-11(16)13-8-4-2-6-10-15/h7-11,16H,1-6H2/b12-7+,13-8+. The molecular formula is C11H18N2O2S. The van der Waals surface area contributed by atoms with Crippen LogP contribution in [0.2, 0.25) is 0 Å². The minimum Gasteiger partial charge on any atom is -0.303 e. The molecule has 0 heterocycles. The molecule has 0 saturated heterocycles. The van der Waals surface area contributed by atoms with Gasteiger partial charge in [0.15, 0.2) is 5.50 Å². The number of carbonyl (C=O) groups is 2. The molecule has 0 aliphatic rings. The van der Waals surface area contributed by atoms with E-state index < -0.39 is 0 Å². The second kappa shape index (κ2) is 12.1. The molecule has 16 heavy (non-hydrogen) atoms. The molecule has 90 valence electrons. The van der Waals surface area contributed by atoms with Gasteiger partial charge in [-0.15, -0.1) is 12.6 Å². The van der Waals surface area contributed by atoms with Crippen molar-refractivity contribution in [3.05, 3.63) is 0 Å². The minimum absolute atomic E-state index is 0.368. The second-order valence-electron chi connectivity index (χ2n) is 3.20. The van der Waals surface area contributed by atoms with Gasteiger partial charge in [-0.05, 0) is 25.7 Å². The zero-order valence-electron chi connectivity index (χ0n) is 9.29. The number of nitrogens with zero attached hydrogens (tertiary/aromatic N) is 2. The van der Waals surface area contributed by atoms with Crippen LogP contribution in [0.1, 0.15) is 38.5 Å². The van der Waals surface area contributed by atoms with Crippen molar-refractivity contribution in [1.82, 2.24) is 0 Å². The van der Waals surface area contributed by atoms with E-state index in [2.05, 4.69) is 22.6 Å². The molecule has 0 spiro atoms. The molecule has 0 N–H and O–H groups in total. The highest BCUT2D eigenvalue weighted by Gasteiger charge is 1.91. The minimum atomic E-state index is -0.368. The van der Waals surface area contributed by atoms with Gasteiger partial charge in [-0.3, -0.25) is 9.98 Å². The van der Waals surface area contributed by atoms with Gasteiger partial charge in [0.2, 0.25) is 0 Å². The van der Waals surface area contributed by atoms with Crippen LogP contribution in [-0.4, -0.2) is 30.5 Å². The molecule has 0 rings (SSSR count). The fourth-order valence-corrected chi connectivity index (χ4v) is 1.15. The Hall–Kier alpha value is -0.970. The number of rotatable bonds is 10. The van der Waals surface area contributed by atoms with E-state index in [1.807, 2.05) is 0 Å². The van der Waals surface area contributed by atoms with Crippen molar-refractivity contribution in [2.45, 2.75) is 44.0 Å². The molecule has 0 aromatic carbocycles. The summed E-state index contributed by atoms with van der Waals surface area (Å²) in [6.07, 6.45) is 9.60. The number of aliphatic imine (C=N–C) groups is 2. The van der Waals surface area contributed by atoms with E-state index in [0.29, 0.717) is 12.8 Å². The lowest BCUT2D eigenvalue weighted by Gasteiger charge is -1.97. The van der Waals surface area contributed by atoms with Gasteiger partial charge in [-0.1, -0.05) is 0 Å². The topological polar surface area (TPSA) is 58.9 Å². The van der Waals surface area contributed by atoms with Crippen molar-refractivity contribution >= 4 is 37.6 Å². The molecule has 0 saturated carbocycles. The van der Waals surface area contributed by atoms with Crippen molar-refractivity contribution in [2.24, 2.45) is 9.98 Å². The Morgan fingerprint density at radius 1 is 0.875 bits per heavy atom. The quantitative estimate of drug-likeness (QED) is 0.276. The van der Waals surface area contributed by atoms with Gasteiger partial charge in [-0.2, -0.15) is 0 Å². The van der Waals surface area contributed by atoms with E-state index in [9.17, 15) is 9.59 Å². The van der Waals surface area contributed by atoms with Crippen molar-refractivity contribution in [2.75, 3.05) is 0 Å². The smallest absolute Gasteiger partial charge is 0.182 e. The molecule has 0 aromatic heterocycles. The molecule has 0 aromatic rings. The van der Waals surface area contributed by atoms with Gasteiger partial charge >= 0.3 is 0 Å². The first kappa shape index (κ1) is 15.0. The Labute approximate surface area is 102 Å². The van der Waals surface area contributed by atoms with Gasteiger partial charge in [0.05, 0.1) is 0 Å². The number of aldehydes is 2. The fraction of sp³-hybridized carbons (Fsp3) is 0.636. The van der Waals surface area contributed by atoms with Crippen LogP contribution in [0.3, 0.4) is 0 Å². The molecule has 4 nitrogen and oxygen atoms in total. The third-order valence-corrected chi connectivity index (χ3v) is 2.05. The maximum atomic E-state index is 10.0. The normalized spacial score (nSPS) is 11.6. The average Bonchev–Trinajstić information content (AvgIpc) is 2.28. The molecule has 0 radical (unpaired) electrons. The third-order valence-electron chi connectivity index (χ3n) is 1.79. The summed E-state index contributed by atoms with van der Waals surface area (Å²) in [6, 6.07) is 0. The lowest BCUT2D eigenvalue weighted by Crippen LogP contribution is -1.91. The van der Waals surface area contributed by atoms with Gasteiger partial charge in [0.1, 0.15) is 12.6 Å². The lowest BCUT2D eigenvalue weighted by atomic mass is 10.3. The van der Waals surface area contributed by atoms with Crippen LogP contribution in [0, 0.1) is 0 Å². The number of hydrogen-bond donors (Lipinski definition) is 1. The molecular weight excluding hydrogens is 224 g/mol. The van der Waals surface area contributed by atoms with Crippen LogP contribution in [0.15, 0.2) is 9.98 Å². The summed E-state index contributed by atoms with van der Waals surface area (Å²) in [5.41, 5.74) is -0.368. The summed E-state index contributed by atoms with van der Waals surface area (Å²) in [5.74, 6) is 0. The Bertz CT molecular complexity index is 218. The van der Waals surface area contributed by atoms with E-state index in [-0.39, 0.29) is 5.50 Å². The summed E-state index contributed by atoms with van der Waals surface area (Å²) >= 11 is 4.15. The van der Waals surface area contributed by atoms with Crippen molar-refractivity contribution in [3.8, 4) is 0 Å². The Balaban J connectivity index is 3.51. The van der Waals surface area contributed by atoms with Crippen LogP contribution in [0.4, 0.5) is 0 Å². The summed E-state index contributed by atoms with van der Waals surface area (Å²) in [6.45, 7) is 0. The number of carbonyl (C=O) groups excluding carboxylic acids is 2. The summed E-state index contributed by atoms with van der Waals surface area (Å²) in [5, 5.41) is 0. The average molecular weight is 242 g/mol. The van der Waals surface area contributed by atoms with Crippen LogP contribution in [-0.2, 0) is 9.59 Å². The van der Waals surface area contributed by atoms with E-state index in [0.717, 1.165) is 38.3 Å². The molecule has 0 fully saturated rings. The predicted molar refractivity (Wildman–Crippen MR) is 69.6 cm³/mol. The zero-order valence-corrected chi connectivity index (χ0v) is 10.2. The zero-order chi connectivity index (χ0) is 12.1. The van der Waals surface area contributed by atoms with E-state index in [1.165, 1.54) is 0 Å². The highest BCUT2D eigenvalue weighted by molar-refractivity contribution is 7.80. The maximum absolute atomic E-state index is 10.0. The summed E-state index contributed by atoms with van der Waals surface area (Å²) in [7, 11) is 0. The van der Waals surface area contributed by atoms with Gasteiger partial charge in [0.25, 0.3) is 0 Å². The molecule has 0 aliphatic carbocycles. The SMILES string of the molecule is O=CCCC/C=N/C(S)/N=C/CCCC=O.